The maximum Gasteiger partial charge on any atom is 0.223 e. The van der Waals surface area contributed by atoms with Gasteiger partial charge in [-0.2, -0.15) is 0 Å². The summed E-state index contributed by atoms with van der Waals surface area (Å²) >= 11 is 0. The number of amides is 1. The second kappa shape index (κ2) is 6.73. The van der Waals surface area contributed by atoms with Crippen LogP contribution in [0.3, 0.4) is 0 Å². The van der Waals surface area contributed by atoms with Crippen LogP contribution in [0.1, 0.15) is 24.9 Å². The largest absolute Gasteiger partial charge is 0.466 e. The van der Waals surface area contributed by atoms with E-state index in [2.05, 4.69) is 0 Å². The van der Waals surface area contributed by atoms with Crippen molar-refractivity contribution in [3.05, 3.63) is 23.7 Å². The number of nitrogens with zero attached hydrogens (tertiary/aromatic N) is 1. The van der Waals surface area contributed by atoms with Gasteiger partial charge in [-0.15, -0.1) is 0 Å². The summed E-state index contributed by atoms with van der Waals surface area (Å²) in [7, 11) is 0.875. The Morgan fingerprint density at radius 2 is 2.17 bits per heavy atom. The van der Waals surface area contributed by atoms with Gasteiger partial charge in [0.15, 0.2) is 0 Å². The van der Waals surface area contributed by atoms with Crippen LogP contribution in [-0.2, 0) is 22.0 Å². The summed E-state index contributed by atoms with van der Waals surface area (Å²) < 4.78 is 16.5. The number of carbonyl (C=O) groups excluding carboxylic acids is 1. The van der Waals surface area contributed by atoms with Gasteiger partial charge < -0.3 is 9.32 Å². The van der Waals surface area contributed by atoms with Gasteiger partial charge in [0.1, 0.15) is 11.5 Å². The van der Waals surface area contributed by atoms with Crippen molar-refractivity contribution in [3.63, 3.8) is 0 Å². The first-order valence-corrected chi connectivity index (χ1v) is 7.74. The van der Waals surface area contributed by atoms with E-state index in [1.807, 2.05) is 26.0 Å². The normalized spacial score (nSPS) is 14.2. The lowest BCUT2D eigenvalue weighted by atomic mass is 10.2. The highest BCUT2D eigenvalue weighted by atomic mass is 32.2. The van der Waals surface area contributed by atoms with Gasteiger partial charge in [0.2, 0.25) is 5.91 Å². The molecule has 1 amide bonds. The molecular formula is C13H21NO3S. The van der Waals surface area contributed by atoms with Crippen LogP contribution in [0.25, 0.3) is 0 Å². The molecule has 0 aliphatic carbocycles. The fraction of sp³-hybridized carbons (Fsp3) is 0.615. The first-order chi connectivity index (χ1) is 8.40. The predicted molar refractivity (Wildman–Crippen MR) is 72.9 cm³/mol. The molecule has 0 radical (unpaired) electrons. The first kappa shape index (κ1) is 15.0. The predicted octanol–water partition coefficient (Wildman–Crippen LogP) is 1.75. The summed E-state index contributed by atoms with van der Waals surface area (Å²) in [5, 5.41) is 0. The van der Waals surface area contributed by atoms with Gasteiger partial charge in [-0.05, 0) is 26.0 Å². The van der Waals surface area contributed by atoms with Crippen molar-refractivity contribution in [1.29, 1.82) is 0 Å². The summed E-state index contributed by atoms with van der Waals surface area (Å²) in [6, 6.07) is 3.79. The number of hydrogen-bond donors (Lipinski definition) is 0. The van der Waals surface area contributed by atoms with Crippen LogP contribution in [0.4, 0.5) is 0 Å². The van der Waals surface area contributed by atoms with E-state index in [0.29, 0.717) is 18.6 Å². The third-order valence-corrected chi connectivity index (χ3v) is 3.86. The third-order valence-electron chi connectivity index (χ3n) is 2.91. The minimum Gasteiger partial charge on any atom is -0.466 e. The zero-order valence-electron chi connectivity index (χ0n) is 11.4. The van der Waals surface area contributed by atoms with Crippen LogP contribution >= 0.6 is 0 Å². The summed E-state index contributed by atoms with van der Waals surface area (Å²) in [5.41, 5.74) is 0. The highest BCUT2D eigenvalue weighted by molar-refractivity contribution is 7.84. The van der Waals surface area contributed by atoms with E-state index in [1.165, 1.54) is 0 Å². The maximum atomic E-state index is 11.9. The lowest BCUT2D eigenvalue weighted by molar-refractivity contribution is -0.131. The van der Waals surface area contributed by atoms with Crippen LogP contribution < -0.4 is 0 Å². The zero-order chi connectivity index (χ0) is 13.7. The van der Waals surface area contributed by atoms with Gasteiger partial charge in [-0.1, -0.05) is 0 Å². The average molecular weight is 271 g/mol. The van der Waals surface area contributed by atoms with E-state index in [9.17, 15) is 9.00 Å². The lowest BCUT2D eigenvalue weighted by Gasteiger charge is -2.24. The zero-order valence-corrected chi connectivity index (χ0v) is 12.3. The number of furan rings is 1. The minimum atomic E-state index is -0.882. The minimum absolute atomic E-state index is 0.00155. The van der Waals surface area contributed by atoms with Crippen molar-refractivity contribution in [2.75, 3.05) is 19.1 Å². The molecule has 0 spiro atoms. The molecule has 102 valence electrons. The Kier molecular flexibility index (Phi) is 5.59. The van der Waals surface area contributed by atoms with Gasteiger partial charge in [0.25, 0.3) is 0 Å². The standard InChI is InChI=1S/C13H21NO3S/c1-10(9-18(4)16)14(3)13(15)8-7-12-6-5-11(2)17-12/h5-6,10H,7-9H2,1-4H3. The Morgan fingerprint density at radius 1 is 1.50 bits per heavy atom. The topological polar surface area (TPSA) is 50.5 Å². The Bertz CT molecular complexity index is 428. The molecule has 0 fully saturated rings. The number of carbonyl (C=O) groups is 1. The number of rotatable bonds is 6. The molecule has 0 aliphatic rings. The monoisotopic (exact) mass is 271 g/mol. The molecule has 0 aliphatic heterocycles. The number of hydrogen-bond acceptors (Lipinski definition) is 3. The quantitative estimate of drug-likeness (QED) is 0.792. The fourth-order valence-electron chi connectivity index (χ4n) is 1.72. The van der Waals surface area contributed by atoms with Gasteiger partial charge in [0, 0.05) is 48.7 Å². The summed E-state index contributed by atoms with van der Waals surface area (Å²) in [4.78, 5) is 13.6. The Labute approximate surface area is 111 Å². The highest BCUT2D eigenvalue weighted by Crippen LogP contribution is 2.10. The summed E-state index contributed by atoms with van der Waals surface area (Å²) in [6.07, 6.45) is 2.68. The molecule has 0 aromatic carbocycles. The molecule has 0 saturated heterocycles. The molecule has 0 N–H and O–H groups in total. The molecule has 1 heterocycles. The van der Waals surface area contributed by atoms with Crippen LogP contribution in [0.2, 0.25) is 0 Å². The van der Waals surface area contributed by atoms with E-state index in [4.69, 9.17) is 4.42 Å². The van der Waals surface area contributed by atoms with Crippen molar-refractivity contribution in [1.82, 2.24) is 4.90 Å². The van der Waals surface area contributed by atoms with Gasteiger partial charge in [-0.3, -0.25) is 9.00 Å². The molecule has 0 saturated carbocycles. The van der Waals surface area contributed by atoms with Crippen molar-refractivity contribution in [2.24, 2.45) is 0 Å². The van der Waals surface area contributed by atoms with Crippen molar-refractivity contribution in [2.45, 2.75) is 32.7 Å². The van der Waals surface area contributed by atoms with Crippen molar-refractivity contribution < 1.29 is 13.4 Å². The second-order valence-electron chi connectivity index (χ2n) is 4.61. The molecular weight excluding hydrogens is 250 g/mol. The van der Waals surface area contributed by atoms with Crippen molar-refractivity contribution in [3.8, 4) is 0 Å². The van der Waals surface area contributed by atoms with Crippen LogP contribution in [0.15, 0.2) is 16.5 Å². The van der Waals surface area contributed by atoms with Crippen LogP contribution in [0.5, 0.6) is 0 Å². The first-order valence-electron chi connectivity index (χ1n) is 6.01. The van der Waals surface area contributed by atoms with E-state index in [-0.39, 0.29) is 11.9 Å². The van der Waals surface area contributed by atoms with Crippen LogP contribution in [0, 0.1) is 6.92 Å². The molecule has 2 unspecified atom stereocenters. The Morgan fingerprint density at radius 3 is 2.67 bits per heavy atom. The average Bonchev–Trinajstić information content (AvgIpc) is 2.70. The molecule has 2 atom stereocenters. The molecule has 1 rings (SSSR count). The lowest BCUT2D eigenvalue weighted by Crippen LogP contribution is -2.38. The molecule has 0 bridgehead atoms. The smallest absolute Gasteiger partial charge is 0.223 e. The Hall–Kier alpha value is -1.10. The molecule has 18 heavy (non-hydrogen) atoms. The maximum absolute atomic E-state index is 11.9. The third kappa shape index (κ3) is 4.64. The van der Waals surface area contributed by atoms with Gasteiger partial charge in [-0.25, -0.2) is 0 Å². The van der Waals surface area contributed by atoms with E-state index in [0.717, 1.165) is 11.5 Å². The van der Waals surface area contributed by atoms with E-state index >= 15 is 0 Å². The summed E-state index contributed by atoms with van der Waals surface area (Å²) in [5.74, 6) is 2.27. The highest BCUT2D eigenvalue weighted by Gasteiger charge is 2.17. The summed E-state index contributed by atoms with van der Waals surface area (Å²) in [6.45, 7) is 3.80. The SMILES string of the molecule is Cc1ccc(CCC(=O)N(C)C(C)CS(C)=O)o1. The molecule has 5 heteroatoms. The van der Waals surface area contributed by atoms with E-state index in [1.54, 1.807) is 18.2 Å². The van der Waals surface area contributed by atoms with E-state index < -0.39 is 10.8 Å². The number of aryl methyl sites for hydroxylation is 2. The molecule has 4 nitrogen and oxygen atoms in total. The Balaban J connectivity index is 2.42. The molecule has 1 aromatic rings. The second-order valence-corrected chi connectivity index (χ2v) is 6.09. The van der Waals surface area contributed by atoms with Gasteiger partial charge >= 0.3 is 0 Å². The molecule has 1 aromatic heterocycles. The van der Waals surface area contributed by atoms with Gasteiger partial charge in [0.05, 0.1) is 0 Å². The fourth-order valence-corrected chi connectivity index (χ4v) is 2.63. The van der Waals surface area contributed by atoms with Crippen LogP contribution in [-0.4, -0.2) is 40.1 Å². The van der Waals surface area contributed by atoms with Crippen molar-refractivity contribution >= 4 is 16.7 Å².